The van der Waals surface area contributed by atoms with Gasteiger partial charge in [-0.25, -0.2) is 9.97 Å². The lowest BCUT2D eigenvalue weighted by Crippen LogP contribution is -2.00. The lowest BCUT2D eigenvalue weighted by molar-refractivity contribution is -0.384. The Balaban J connectivity index is 2.52. The van der Waals surface area contributed by atoms with Crippen molar-refractivity contribution in [2.45, 2.75) is 6.61 Å². The van der Waals surface area contributed by atoms with Crippen LogP contribution in [-0.4, -0.2) is 22.0 Å². The number of halogens is 2. The van der Waals surface area contributed by atoms with Crippen LogP contribution in [0.5, 0.6) is 0 Å². The molecule has 2 aromatic rings. The SMILES string of the molecule is COCc1nc(-c2cccc([N+](=O)[O-])c2)nc(Cl)c1Br. The maximum Gasteiger partial charge on any atom is 0.270 e. The molecule has 0 bridgehead atoms. The van der Waals surface area contributed by atoms with Crippen LogP contribution in [0.3, 0.4) is 0 Å². The van der Waals surface area contributed by atoms with Gasteiger partial charge in [-0.15, -0.1) is 0 Å². The van der Waals surface area contributed by atoms with E-state index in [9.17, 15) is 10.1 Å². The van der Waals surface area contributed by atoms with Crippen molar-refractivity contribution in [3.8, 4) is 11.4 Å². The minimum Gasteiger partial charge on any atom is -0.378 e. The summed E-state index contributed by atoms with van der Waals surface area (Å²) in [5.41, 5.74) is 1.07. The van der Waals surface area contributed by atoms with Crippen LogP contribution in [0.25, 0.3) is 11.4 Å². The fourth-order valence-electron chi connectivity index (χ4n) is 1.58. The standard InChI is InChI=1S/C12H9BrClN3O3/c1-20-6-9-10(13)11(14)16-12(15-9)7-3-2-4-8(5-7)17(18)19/h2-5H,6H2,1H3. The van der Waals surface area contributed by atoms with Crippen LogP contribution >= 0.6 is 27.5 Å². The van der Waals surface area contributed by atoms with Gasteiger partial charge < -0.3 is 4.74 Å². The van der Waals surface area contributed by atoms with Crippen LogP contribution in [0, 0.1) is 10.1 Å². The van der Waals surface area contributed by atoms with E-state index in [1.54, 1.807) is 12.1 Å². The van der Waals surface area contributed by atoms with Gasteiger partial charge in [0.1, 0.15) is 5.15 Å². The van der Waals surface area contributed by atoms with Gasteiger partial charge in [0.15, 0.2) is 5.82 Å². The summed E-state index contributed by atoms with van der Waals surface area (Å²) in [6.45, 7) is 0.255. The first-order valence-corrected chi connectivity index (χ1v) is 6.65. The Bertz CT molecular complexity index is 666. The zero-order valence-corrected chi connectivity index (χ0v) is 12.7. The average Bonchev–Trinajstić information content (AvgIpc) is 2.44. The summed E-state index contributed by atoms with van der Waals surface area (Å²) in [5, 5.41) is 11.0. The molecule has 0 aliphatic heterocycles. The van der Waals surface area contributed by atoms with Crippen molar-refractivity contribution in [1.29, 1.82) is 0 Å². The third-order valence-corrected chi connectivity index (χ3v) is 3.81. The molecule has 1 aromatic carbocycles. The van der Waals surface area contributed by atoms with Gasteiger partial charge in [-0.05, 0) is 15.9 Å². The van der Waals surface area contributed by atoms with Crippen LogP contribution < -0.4 is 0 Å². The Morgan fingerprint density at radius 3 is 2.85 bits per heavy atom. The van der Waals surface area contributed by atoms with Gasteiger partial charge in [0.05, 0.1) is 21.7 Å². The highest BCUT2D eigenvalue weighted by Gasteiger charge is 2.14. The Morgan fingerprint density at radius 2 is 2.20 bits per heavy atom. The molecule has 0 amide bonds. The van der Waals surface area contributed by atoms with E-state index in [2.05, 4.69) is 25.9 Å². The third-order valence-electron chi connectivity index (χ3n) is 2.48. The third kappa shape index (κ3) is 3.12. The minimum absolute atomic E-state index is 0.0292. The number of ether oxygens (including phenoxy) is 1. The fourth-order valence-corrected chi connectivity index (χ4v) is 2.06. The summed E-state index contributed by atoms with van der Waals surface area (Å²) < 4.78 is 5.58. The number of nitro benzene ring substituents is 1. The van der Waals surface area contributed by atoms with E-state index in [0.29, 0.717) is 21.6 Å². The molecule has 1 aromatic heterocycles. The van der Waals surface area contributed by atoms with E-state index in [4.69, 9.17) is 16.3 Å². The second-order valence-corrected chi connectivity index (χ2v) is 4.99. The van der Waals surface area contributed by atoms with Crippen molar-refractivity contribution in [2.24, 2.45) is 0 Å². The average molecular weight is 359 g/mol. The molecule has 0 saturated heterocycles. The van der Waals surface area contributed by atoms with Gasteiger partial charge in [0.25, 0.3) is 5.69 Å². The van der Waals surface area contributed by atoms with Crippen molar-refractivity contribution in [3.63, 3.8) is 0 Å². The maximum atomic E-state index is 10.8. The van der Waals surface area contributed by atoms with Gasteiger partial charge >= 0.3 is 0 Å². The summed E-state index contributed by atoms with van der Waals surface area (Å²) in [7, 11) is 1.54. The summed E-state index contributed by atoms with van der Waals surface area (Å²) in [6.07, 6.45) is 0. The van der Waals surface area contributed by atoms with Crippen molar-refractivity contribution in [1.82, 2.24) is 9.97 Å². The molecule has 0 radical (unpaired) electrons. The van der Waals surface area contributed by atoms with Crippen LogP contribution in [-0.2, 0) is 11.3 Å². The first-order valence-electron chi connectivity index (χ1n) is 5.48. The number of rotatable bonds is 4. The second-order valence-electron chi connectivity index (χ2n) is 3.84. The number of methoxy groups -OCH3 is 1. The first-order chi connectivity index (χ1) is 9.52. The van der Waals surface area contributed by atoms with Crippen LogP contribution in [0.4, 0.5) is 5.69 Å². The molecule has 1 heterocycles. The van der Waals surface area contributed by atoms with Gasteiger partial charge in [-0.1, -0.05) is 23.7 Å². The summed E-state index contributed by atoms with van der Waals surface area (Å²) in [5.74, 6) is 0.314. The van der Waals surface area contributed by atoms with E-state index in [1.165, 1.54) is 19.2 Å². The van der Waals surface area contributed by atoms with Crippen LogP contribution in [0.1, 0.15) is 5.69 Å². The van der Waals surface area contributed by atoms with E-state index in [-0.39, 0.29) is 17.4 Å². The largest absolute Gasteiger partial charge is 0.378 e. The minimum atomic E-state index is -0.472. The first kappa shape index (κ1) is 14.8. The van der Waals surface area contributed by atoms with Crippen LogP contribution in [0.15, 0.2) is 28.7 Å². The Morgan fingerprint density at radius 1 is 1.45 bits per heavy atom. The number of aromatic nitrogens is 2. The molecular formula is C12H9BrClN3O3. The molecule has 0 aliphatic rings. The number of benzene rings is 1. The summed E-state index contributed by atoms with van der Waals surface area (Å²) >= 11 is 9.30. The maximum absolute atomic E-state index is 10.8. The Labute approximate surface area is 128 Å². The molecule has 8 heteroatoms. The van der Waals surface area contributed by atoms with Crippen molar-refractivity contribution in [2.75, 3.05) is 7.11 Å². The number of non-ortho nitro benzene ring substituents is 1. The normalized spacial score (nSPS) is 10.6. The molecule has 20 heavy (non-hydrogen) atoms. The zero-order valence-electron chi connectivity index (χ0n) is 10.3. The molecule has 0 spiro atoms. The quantitative estimate of drug-likeness (QED) is 0.474. The molecule has 0 aliphatic carbocycles. The topological polar surface area (TPSA) is 78.2 Å². The Hall–Kier alpha value is -1.57. The molecule has 0 N–H and O–H groups in total. The smallest absolute Gasteiger partial charge is 0.270 e. The van der Waals surface area contributed by atoms with Crippen molar-refractivity contribution < 1.29 is 9.66 Å². The highest BCUT2D eigenvalue weighted by Crippen LogP contribution is 2.28. The van der Waals surface area contributed by atoms with Gasteiger partial charge in [-0.3, -0.25) is 10.1 Å². The molecule has 6 nitrogen and oxygen atoms in total. The zero-order chi connectivity index (χ0) is 14.7. The monoisotopic (exact) mass is 357 g/mol. The highest BCUT2D eigenvalue weighted by molar-refractivity contribution is 9.10. The predicted octanol–water partition coefficient (Wildman–Crippen LogP) is 3.61. The van der Waals surface area contributed by atoms with Crippen molar-refractivity contribution in [3.05, 3.63) is 49.7 Å². The second kappa shape index (κ2) is 6.25. The van der Waals surface area contributed by atoms with E-state index in [0.717, 1.165) is 0 Å². The van der Waals surface area contributed by atoms with Crippen LogP contribution in [0.2, 0.25) is 5.15 Å². The number of nitrogens with zero attached hydrogens (tertiary/aromatic N) is 3. The predicted molar refractivity (Wildman–Crippen MR) is 77.5 cm³/mol. The van der Waals surface area contributed by atoms with E-state index < -0.39 is 4.92 Å². The number of nitro groups is 1. The summed E-state index contributed by atoms with van der Waals surface area (Å²) in [4.78, 5) is 18.7. The van der Waals surface area contributed by atoms with Gasteiger partial charge in [-0.2, -0.15) is 0 Å². The fraction of sp³-hybridized carbons (Fsp3) is 0.167. The molecule has 104 valence electrons. The molecule has 0 saturated carbocycles. The molecular weight excluding hydrogens is 350 g/mol. The van der Waals surface area contributed by atoms with E-state index >= 15 is 0 Å². The molecule has 0 atom stereocenters. The van der Waals surface area contributed by atoms with E-state index in [1.807, 2.05) is 0 Å². The molecule has 0 unspecified atom stereocenters. The highest BCUT2D eigenvalue weighted by atomic mass is 79.9. The van der Waals surface area contributed by atoms with Gasteiger partial charge in [0.2, 0.25) is 0 Å². The van der Waals surface area contributed by atoms with Crippen molar-refractivity contribution >= 4 is 33.2 Å². The summed E-state index contributed by atoms with van der Waals surface area (Å²) in [6, 6.07) is 6.06. The lowest BCUT2D eigenvalue weighted by atomic mass is 10.2. The number of hydrogen-bond donors (Lipinski definition) is 0. The van der Waals surface area contributed by atoms with Gasteiger partial charge in [0, 0.05) is 24.8 Å². The molecule has 0 fully saturated rings. The Kier molecular flexibility index (Phi) is 4.64. The molecule has 2 rings (SSSR count). The number of hydrogen-bond acceptors (Lipinski definition) is 5. The lowest BCUT2D eigenvalue weighted by Gasteiger charge is -2.07.